The summed E-state index contributed by atoms with van der Waals surface area (Å²) in [6.07, 6.45) is 0. The van der Waals surface area contributed by atoms with Crippen LogP contribution in [0.2, 0.25) is 0 Å². The third-order valence-electron chi connectivity index (χ3n) is 5.07. The van der Waals surface area contributed by atoms with Crippen LogP contribution < -0.4 is 15.5 Å². The predicted octanol–water partition coefficient (Wildman–Crippen LogP) is 3.20. The molecule has 3 N–H and O–H groups in total. The fraction of sp³-hybridized carbons (Fsp3) is 0.435. The number of anilines is 1. The van der Waals surface area contributed by atoms with Gasteiger partial charge in [-0.3, -0.25) is 0 Å². The Balaban J connectivity index is 1.58. The summed E-state index contributed by atoms with van der Waals surface area (Å²) in [5, 5.41) is 17.3. The van der Waals surface area contributed by atoms with Gasteiger partial charge in [-0.05, 0) is 37.1 Å². The lowest BCUT2D eigenvalue weighted by Crippen LogP contribution is -2.44. The Morgan fingerprint density at radius 1 is 1.07 bits per heavy atom. The van der Waals surface area contributed by atoms with E-state index >= 15 is 0 Å². The summed E-state index contributed by atoms with van der Waals surface area (Å²) in [5.41, 5.74) is 2.38. The second-order valence-electron chi connectivity index (χ2n) is 7.45. The van der Waals surface area contributed by atoms with Crippen LogP contribution in [0.1, 0.15) is 25.0 Å². The molecule has 156 valence electrons. The number of thioether (sulfide) groups is 1. The van der Waals surface area contributed by atoms with Crippen LogP contribution in [-0.4, -0.2) is 48.8 Å². The molecule has 0 aliphatic carbocycles. The predicted molar refractivity (Wildman–Crippen MR) is 125 cm³/mol. The molecule has 1 aliphatic rings. The van der Waals surface area contributed by atoms with Crippen molar-refractivity contribution in [2.75, 3.05) is 42.6 Å². The lowest BCUT2D eigenvalue weighted by Gasteiger charge is -2.28. The van der Waals surface area contributed by atoms with Gasteiger partial charge in [-0.25, -0.2) is 4.99 Å². The second-order valence-corrected chi connectivity index (χ2v) is 8.68. The third kappa shape index (κ3) is 6.41. The molecule has 0 bridgehead atoms. The first kappa shape index (κ1) is 21.5. The van der Waals surface area contributed by atoms with E-state index in [2.05, 4.69) is 44.8 Å². The maximum absolute atomic E-state index is 10.8. The Bertz CT molecular complexity index is 771. The Hall–Kier alpha value is -2.18. The number of aliphatic hydroxyl groups is 1. The van der Waals surface area contributed by atoms with E-state index in [0.717, 1.165) is 25.2 Å². The fourth-order valence-corrected chi connectivity index (χ4v) is 4.20. The van der Waals surface area contributed by atoms with E-state index in [0.29, 0.717) is 19.0 Å². The molecule has 0 saturated carbocycles. The van der Waals surface area contributed by atoms with Crippen LogP contribution in [0.15, 0.2) is 59.6 Å². The minimum absolute atomic E-state index is 0.384. The summed E-state index contributed by atoms with van der Waals surface area (Å²) in [6, 6.07) is 18.4. The molecule has 1 atom stereocenters. The highest BCUT2D eigenvalue weighted by molar-refractivity contribution is 7.99. The van der Waals surface area contributed by atoms with E-state index in [1.54, 1.807) is 0 Å². The number of rotatable bonds is 7. The van der Waals surface area contributed by atoms with Crippen molar-refractivity contribution >= 4 is 23.4 Å². The average Bonchev–Trinajstić information content (AvgIpc) is 2.77. The summed E-state index contributed by atoms with van der Waals surface area (Å²) in [7, 11) is 0. The van der Waals surface area contributed by atoms with Crippen molar-refractivity contribution in [2.24, 2.45) is 4.99 Å². The van der Waals surface area contributed by atoms with E-state index in [1.165, 1.54) is 22.8 Å². The van der Waals surface area contributed by atoms with Crippen molar-refractivity contribution in [3.63, 3.8) is 0 Å². The number of nitrogens with one attached hydrogen (secondary N) is 2. The first-order valence-electron chi connectivity index (χ1n) is 10.3. The topological polar surface area (TPSA) is 59.9 Å². The molecule has 5 nitrogen and oxygen atoms in total. The molecule has 0 aromatic heterocycles. The molecule has 1 fully saturated rings. The summed E-state index contributed by atoms with van der Waals surface area (Å²) in [6.45, 7) is 7.85. The third-order valence-corrected chi connectivity index (χ3v) is 6.01. The average molecular weight is 413 g/mol. The molecule has 0 spiro atoms. The maximum atomic E-state index is 10.8. The van der Waals surface area contributed by atoms with Crippen LogP contribution in [0, 0.1) is 0 Å². The first-order chi connectivity index (χ1) is 14.1. The van der Waals surface area contributed by atoms with Crippen LogP contribution >= 0.6 is 11.8 Å². The minimum Gasteiger partial charge on any atom is -0.384 e. The number of nitrogens with zero attached hydrogens (tertiary/aromatic N) is 2. The van der Waals surface area contributed by atoms with Gasteiger partial charge in [0.05, 0.1) is 13.1 Å². The first-order valence-corrected chi connectivity index (χ1v) is 11.5. The van der Waals surface area contributed by atoms with Crippen molar-refractivity contribution in [1.82, 2.24) is 10.6 Å². The molecule has 2 aromatic carbocycles. The van der Waals surface area contributed by atoms with Gasteiger partial charge in [0.1, 0.15) is 5.60 Å². The van der Waals surface area contributed by atoms with Gasteiger partial charge in [-0.15, -0.1) is 0 Å². The molecule has 0 amide bonds. The highest BCUT2D eigenvalue weighted by Gasteiger charge is 2.22. The van der Waals surface area contributed by atoms with Crippen molar-refractivity contribution in [3.05, 3.63) is 65.7 Å². The Kier molecular flexibility index (Phi) is 7.83. The second kappa shape index (κ2) is 10.6. The summed E-state index contributed by atoms with van der Waals surface area (Å²) < 4.78 is 0. The van der Waals surface area contributed by atoms with Gasteiger partial charge in [0, 0.05) is 36.8 Å². The fourth-order valence-electron chi connectivity index (χ4n) is 3.30. The Labute approximate surface area is 178 Å². The van der Waals surface area contributed by atoms with E-state index in [4.69, 9.17) is 0 Å². The molecule has 3 rings (SSSR count). The summed E-state index contributed by atoms with van der Waals surface area (Å²) in [4.78, 5) is 7.13. The largest absolute Gasteiger partial charge is 0.384 e. The van der Waals surface area contributed by atoms with Gasteiger partial charge in [-0.2, -0.15) is 11.8 Å². The van der Waals surface area contributed by atoms with Gasteiger partial charge >= 0.3 is 0 Å². The summed E-state index contributed by atoms with van der Waals surface area (Å²) >= 11 is 2.03. The molecular weight excluding hydrogens is 380 g/mol. The van der Waals surface area contributed by atoms with Crippen molar-refractivity contribution in [2.45, 2.75) is 26.0 Å². The molecule has 1 saturated heterocycles. The van der Waals surface area contributed by atoms with Crippen LogP contribution in [0.25, 0.3) is 0 Å². The van der Waals surface area contributed by atoms with E-state index in [-0.39, 0.29) is 0 Å². The number of hydrogen-bond acceptors (Lipinski definition) is 4. The van der Waals surface area contributed by atoms with Gasteiger partial charge in [0.25, 0.3) is 0 Å². The van der Waals surface area contributed by atoms with E-state index in [9.17, 15) is 5.11 Å². The van der Waals surface area contributed by atoms with Crippen LogP contribution in [-0.2, 0) is 12.1 Å². The summed E-state index contributed by atoms with van der Waals surface area (Å²) in [5.74, 6) is 3.12. The van der Waals surface area contributed by atoms with Crippen LogP contribution in [0.3, 0.4) is 0 Å². The van der Waals surface area contributed by atoms with Crippen LogP contribution in [0.4, 0.5) is 5.69 Å². The molecule has 1 heterocycles. The smallest absolute Gasteiger partial charge is 0.191 e. The minimum atomic E-state index is -0.966. The molecule has 1 aliphatic heterocycles. The van der Waals surface area contributed by atoms with Crippen molar-refractivity contribution < 1.29 is 5.11 Å². The number of aliphatic imine (C=N–C) groups is 1. The zero-order chi connectivity index (χ0) is 20.5. The number of benzene rings is 2. The van der Waals surface area contributed by atoms with Crippen molar-refractivity contribution in [3.8, 4) is 0 Å². The van der Waals surface area contributed by atoms with Crippen LogP contribution in [0.5, 0.6) is 0 Å². The quantitative estimate of drug-likeness (QED) is 0.482. The van der Waals surface area contributed by atoms with Gasteiger partial charge in [0.2, 0.25) is 0 Å². The van der Waals surface area contributed by atoms with E-state index in [1.807, 2.05) is 55.9 Å². The standard InChI is InChI=1S/C23H32N4OS/c1-3-24-22(26-18-23(2,28)20-7-5-4-6-8-20)25-17-19-9-11-21(12-10-19)27-13-15-29-16-14-27/h4-12,28H,3,13-18H2,1-2H3,(H2,24,25,26). The lowest BCUT2D eigenvalue weighted by atomic mass is 9.96. The molecule has 1 unspecified atom stereocenters. The number of hydrogen-bond donors (Lipinski definition) is 3. The monoisotopic (exact) mass is 412 g/mol. The van der Waals surface area contributed by atoms with Gasteiger partial charge < -0.3 is 20.6 Å². The number of guanidine groups is 1. The molecule has 0 radical (unpaired) electrons. The normalized spacial score (nSPS) is 16.9. The molecule has 2 aromatic rings. The molecular formula is C23H32N4OS. The highest BCUT2D eigenvalue weighted by atomic mass is 32.2. The van der Waals surface area contributed by atoms with Crippen molar-refractivity contribution in [1.29, 1.82) is 0 Å². The zero-order valence-electron chi connectivity index (χ0n) is 17.4. The molecule has 29 heavy (non-hydrogen) atoms. The lowest BCUT2D eigenvalue weighted by molar-refractivity contribution is 0.0617. The van der Waals surface area contributed by atoms with E-state index < -0.39 is 5.60 Å². The maximum Gasteiger partial charge on any atom is 0.191 e. The highest BCUT2D eigenvalue weighted by Crippen LogP contribution is 2.20. The van der Waals surface area contributed by atoms with Gasteiger partial charge in [0.15, 0.2) is 5.96 Å². The Morgan fingerprint density at radius 3 is 2.41 bits per heavy atom. The molecule has 6 heteroatoms. The Morgan fingerprint density at radius 2 is 1.76 bits per heavy atom. The van der Waals surface area contributed by atoms with Gasteiger partial charge in [-0.1, -0.05) is 42.5 Å². The SMILES string of the molecule is CCNC(=NCc1ccc(N2CCSCC2)cc1)NCC(C)(O)c1ccccc1. The zero-order valence-corrected chi connectivity index (χ0v) is 18.2.